The van der Waals surface area contributed by atoms with Crippen molar-refractivity contribution in [3.63, 3.8) is 0 Å². The number of benzene rings is 1. The van der Waals surface area contributed by atoms with E-state index in [1.54, 1.807) is 12.5 Å². The molecule has 1 atom stereocenters. The summed E-state index contributed by atoms with van der Waals surface area (Å²) in [6.07, 6.45) is 11.8. The van der Waals surface area contributed by atoms with Crippen LogP contribution in [0.4, 0.5) is 0 Å². The van der Waals surface area contributed by atoms with Crippen LogP contribution in [-0.4, -0.2) is 33.0 Å². The molecule has 0 radical (unpaired) electrons. The normalized spacial score (nSPS) is 12.1. The van der Waals surface area contributed by atoms with Gasteiger partial charge in [-0.2, -0.15) is 0 Å². The molecule has 0 saturated heterocycles. The number of unbranched alkanes of at least 4 members (excludes halogenated alkanes) is 3. The van der Waals surface area contributed by atoms with Crippen LogP contribution in [0.15, 0.2) is 55.0 Å². The minimum Gasteiger partial charge on any atom is -0.478 e. The molecule has 0 bridgehead atoms. The summed E-state index contributed by atoms with van der Waals surface area (Å²) in [5.74, 6) is -1.09. The summed E-state index contributed by atoms with van der Waals surface area (Å²) in [5.41, 5.74) is 2.19. The molecule has 2 aromatic rings. The van der Waals surface area contributed by atoms with Gasteiger partial charge in [0.15, 0.2) is 0 Å². The molecule has 1 aromatic carbocycles. The fourth-order valence-electron chi connectivity index (χ4n) is 2.89. The van der Waals surface area contributed by atoms with Gasteiger partial charge in [0.2, 0.25) is 5.91 Å². The van der Waals surface area contributed by atoms with E-state index in [4.69, 9.17) is 5.11 Å². The summed E-state index contributed by atoms with van der Waals surface area (Å²) < 4.78 is 0. The lowest BCUT2D eigenvalue weighted by Gasteiger charge is -2.14. The van der Waals surface area contributed by atoms with Crippen molar-refractivity contribution in [1.29, 1.82) is 0 Å². The summed E-state index contributed by atoms with van der Waals surface area (Å²) in [5, 5.41) is 11.7. The van der Waals surface area contributed by atoms with Gasteiger partial charge >= 0.3 is 5.97 Å². The van der Waals surface area contributed by atoms with E-state index in [0.717, 1.165) is 43.9 Å². The number of aromatic nitrogens is 2. The van der Waals surface area contributed by atoms with Gasteiger partial charge in [-0.25, -0.2) is 9.78 Å². The Labute approximate surface area is 159 Å². The van der Waals surface area contributed by atoms with Crippen molar-refractivity contribution in [3.05, 3.63) is 66.3 Å². The first kappa shape index (κ1) is 20.4. The minimum atomic E-state index is -1.03. The number of nitrogens with zero attached hydrogens (tertiary/aromatic N) is 1. The molecule has 0 aliphatic carbocycles. The number of aryl methyl sites for hydroxylation is 1. The number of rotatable bonds is 12. The van der Waals surface area contributed by atoms with Crippen LogP contribution in [0.3, 0.4) is 0 Å². The van der Waals surface area contributed by atoms with Gasteiger partial charge in [-0.15, -0.1) is 0 Å². The summed E-state index contributed by atoms with van der Waals surface area (Å²) in [6, 6.07) is 10.0. The van der Waals surface area contributed by atoms with Crippen LogP contribution >= 0.6 is 0 Å². The predicted molar refractivity (Wildman–Crippen MR) is 104 cm³/mol. The van der Waals surface area contributed by atoms with Gasteiger partial charge in [0, 0.05) is 30.8 Å². The highest BCUT2D eigenvalue weighted by Crippen LogP contribution is 2.09. The molecular weight excluding hydrogens is 342 g/mol. The average Bonchev–Trinajstić information content (AvgIpc) is 3.16. The van der Waals surface area contributed by atoms with Gasteiger partial charge in [0.1, 0.15) is 0 Å². The zero-order valence-corrected chi connectivity index (χ0v) is 15.4. The fourth-order valence-corrected chi connectivity index (χ4v) is 2.89. The second kappa shape index (κ2) is 11.7. The molecule has 6 heteroatoms. The van der Waals surface area contributed by atoms with Gasteiger partial charge in [0.25, 0.3) is 0 Å². The van der Waals surface area contributed by atoms with Gasteiger partial charge in [-0.1, -0.05) is 49.2 Å². The number of imidazole rings is 1. The number of nitrogens with one attached hydrogen (secondary N) is 2. The van der Waals surface area contributed by atoms with E-state index >= 15 is 0 Å². The smallest absolute Gasteiger partial charge is 0.328 e. The van der Waals surface area contributed by atoms with Crippen molar-refractivity contribution < 1.29 is 14.7 Å². The molecule has 0 aliphatic heterocycles. The second-order valence-corrected chi connectivity index (χ2v) is 6.55. The lowest BCUT2D eigenvalue weighted by Crippen LogP contribution is -2.35. The fraction of sp³-hybridized carbons (Fsp3) is 0.381. The lowest BCUT2D eigenvalue weighted by atomic mass is 10.1. The number of hydrogen-bond acceptors (Lipinski definition) is 3. The van der Waals surface area contributed by atoms with Crippen LogP contribution in [0, 0.1) is 0 Å². The Morgan fingerprint density at radius 3 is 2.63 bits per heavy atom. The number of amides is 1. The topological polar surface area (TPSA) is 95.1 Å². The van der Waals surface area contributed by atoms with Crippen molar-refractivity contribution in [2.75, 3.05) is 0 Å². The van der Waals surface area contributed by atoms with E-state index in [-0.39, 0.29) is 11.9 Å². The zero-order valence-electron chi connectivity index (χ0n) is 15.4. The molecule has 0 aliphatic rings. The third-order valence-corrected chi connectivity index (χ3v) is 4.27. The van der Waals surface area contributed by atoms with E-state index in [2.05, 4.69) is 39.6 Å². The maximum atomic E-state index is 12.2. The van der Waals surface area contributed by atoms with E-state index in [0.29, 0.717) is 12.8 Å². The van der Waals surface area contributed by atoms with Crippen molar-refractivity contribution in [2.24, 2.45) is 0 Å². The maximum absolute atomic E-state index is 12.2. The highest BCUT2D eigenvalue weighted by molar-refractivity contribution is 5.80. The standard InChI is InChI=1S/C21H27N3O3/c25-20(11-7-2-1-4-8-17-9-5-3-6-10-17)24-18(12-13-21(26)27)14-19-15-22-16-23-19/h3,5-6,9-10,12-13,15-16,18H,1-2,4,7-8,11,14H2,(H,22,23)(H,24,25)(H,26,27). The van der Waals surface area contributed by atoms with Crippen LogP contribution in [0.25, 0.3) is 0 Å². The van der Waals surface area contributed by atoms with Crippen LogP contribution in [0.2, 0.25) is 0 Å². The number of aromatic amines is 1. The Kier molecular flexibility index (Phi) is 8.83. The predicted octanol–water partition coefficient (Wildman–Crippen LogP) is 3.27. The Balaban J connectivity index is 1.66. The highest BCUT2D eigenvalue weighted by Gasteiger charge is 2.11. The van der Waals surface area contributed by atoms with Gasteiger partial charge < -0.3 is 15.4 Å². The van der Waals surface area contributed by atoms with Crippen molar-refractivity contribution in [2.45, 2.75) is 51.0 Å². The Bertz CT molecular complexity index is 712. The molecule has 0 fully saturated rings. The van der Waals surface area contributed by atoms with E-state index in [1.165, 1.54) is 11.6 Å². The largest absolute Gasteiger partial charge is 0.478 e. The Morgan fingerprint density at radius 2 is 1.93 bits per heavy atom. The highest BCUT2D eigenvalue weighted by atomic mass is 16.4. The third-order valence-electron chi connectivity index (χ3n) is 4.27. The lowest BCUT2D eigenvalue weighted by molar-refractivity contribution is -0.131. The van der Waals surface area contributed by atoms with Crippen LogP contribution in [0.5, 0.6) is 0 Å². The first-order valence-electron chi connectivity index (χ1n) is 9.35. The Morgan fingerprint density at radius 1 is 1.15 bits per heavy atom. The molecule has 1 amide bonds. The molecule has 1 heterocycles. The van der Waals surface area contributed by atoms with Crippen LogP contribution in [-0.2, 0) is 22.4 Å². The van der Waals surface area contributed by atoms with Crippen molar-refractivity contribution in [1.82, 2.24) is 15.3 Å². The molecule has 0 spiro atoms. The average molecular weight is 369 g/mol. The molecule has 0 saturated carbocycles. The summed E-state index contributed by atoms with van der Waals surface area (Å²) in [7, 11) is 0. The van der Waals surface area contributed by atoms with Crippen molar-refractivity contribution in [3.8, 4) is 0 Å². The van der Waals surface area contributed by atoms with E-state index in [9.17, 15) is 9.59 Å². The summed E-state index contributed by atoms with van der Waals surface area (Å²) in [4.78, 5) is 29.8. The first-order valence-corrected chi connectivity index (χ1v) is 9.35. The molecule has 1 unspecified atom stereocenters. The Hall–Kier alpha value is -2.89. The summed E-state index contributed by atoms with van der Waals surface area (Å²) in [6.45, 7) is 0. The number of H-pyrrole nitrogens is 1. The van der Waals surface area contributed by atoms with Crippen LogP contribution in [0.1, 0.15) is 43.4 Å². The molecule has 2 rings (SSSR count). The first-order chi connectivity index (χ1) is 13.1. The second-order valence-electron chi connectivity index (χ2n) is 6.55. The van der Waals surface area contributed by atoms with Crippen LogP contribution < -0.4 is 5.32 Å². The zero-order chi connectivity index (χ0) is 19.3. The van der Waals surface area contributed by atoms with E-state index in [1.807, 2.05) is 6.07 Å². The minimum absolute atomic E-state index is 0.0578. The number of hydrogen-bond donors (Lipinski definition) is 3. The molecule has 6 nitrogen and oxygen atoms in total. The number of carboxylic acid groups (broad SMARTS) is 1. The van der Waals surface area contributed by atoms with Gasteiger partial charge in [-0.3, -0.25) is 4.79 Å². The molecular formula is C21H27N3O3. The third kappa shape index (κ3) is 8.85. The number of carbonyl (C=O) groups is 2. The quantitative estimate of drug-likeness (QED) is 0.395. The SMILES string of the molecule is O=C(O)C=CC(Cc1cnc[nH]1)NC(=O)CCCCCCc1ccccc1. The molecule has 3 N–H and O–H groups in total. The number of aliphatic carboxylic acids is 1. The molecule has 27 heavy (non-hydrogen) atoms. The van der Waals surface area contributed by atoms with Crippen molar-refractivity contribution >= 4 is 11.9 Å². The number of carboxylic acids is 1. The van der Waals surface area contributed by atoms with E-state index < -0.39 is 5.97 Å². The maximum Gasteiger partial charge on any atom is 0.328 e. The molecule has 1 aromatic heterocycles. The van der Waals surface area contributed by atoms with Gasteiger partial charge in [0.05, 0.1) is 12.4 Å². The number of carbonyl (C=O) groups excluding carboxylic acids is 1. The monoisotopic (exact) mass is 369 g/mol. The summed E-state index contributed by atoms with van der Waals surface area (Å²) >= 11 is 0. The van der Waals surface area contributed by atoms with Gasteiger partial charge in [-0.05, 0) is 24.8 Å². The molecule has 144 valence electrons.